The van der Waals surface area contributed by atoms with Crippen LogP contribution >= 0.6 is 11.6 Å². The van der Waals surface area contributed by atoms with E-state index in [4.69, 9.17) is 21.1 Å². The normalized spacial score (nSPS) is 18.8. The molecule has 0 bridgehead atoms. The summed E-state index contributed by atoms with van der Waals surface area (Å²) < 4.78 is 37.3. The van der Waals surface area contributed by atoms with Gasteiger partial charge in [-0.2, -0.15) is 4.31 Å². The molecular weight excluding hydrogens is 394 g/mol. The van der Waals surface area contributed by atoms with E-state index < -0.39 is 16.1 Å². The number of anilines is 1. The number of morpholine rings is 1. The van der Waals surface area contributed by atoms with E-state index in [0.29, 0.717) is 39.5 Å². The van der Waals surface area contributed by atoms with Crippen LogP contribution < -0.4 is 10.6 Å². The second kappa shape index (κ2) is 9.03. The number of benzene rings is 1. The molecule has 2 aliphatic rings. The van der Waals surface area contributed by atoms with Crippen LogP contribution in [0.4, 0.5) is 10.5 Å². The Bertz CT molecular complexity index is 814. The number of nitrogens with zero attached hydrogens (tertiary/aromatic N) is 1. The van der Waals surface area contributed by atoms with Crippen molar-refractivity contribution in [2.75, 3.05) is 44.8 Å². The van der Waals surface area contributed by atoms with E-state index in [1.54, 1.807) is 6.20 Å². The van der Waals surface area contributed by atoms with Gasteiger partial charge in [0.2, 0.25) is 10.0 Å². The zero-order chi connectivity index (χ0) is 19.3. The quantitative estimate of drug-likeness (QED) is 0.785. The lowest BCUT2D eigenvalue weighted by molar-refractivity contribution is 0.0730. The highest BCUT2D eigenvalue weighted by molar-refractivity contribution is 7.89. The standard InChI is InChI=1S/C17H22ClN3O5S/c18-15-2-1-14(27(23,24)21-5-9-26-10-6-21)11-16(15)20-17(22)19-12-13-3-7-25-8-4-13/h1-2,11-12H,3-10H2,(H2,19,20,22). The highest BCUT2D eigenvalue weighted by atomic mass is 35.5. The lowest BCUT2D eigenvalue weighted by atomic mass is 10.1. The molecule has 0 aliphatic carbocycles. The molecule has 0 atom stereocenters. The smallest absolute Gasteiger partial charge is 0.323 e. The second-order valence-corrected chi connectivity index (χ2v) is 8.52. The van der Waals surface area contributed by atoms with Crippen LogP contribution in [0, 0.1) is 0 Å². The molecule has 0 unspecified atom stereocenters. The van der Waals surface area contributed by atoms with E-state index in [0.717, 1.165) is 18.4 Å². The molecule has 2 heterocycles. The minimum Gasteiger partial charge on any atom is -0.381 e. The zero-order valence-corrected chi connectivity index (χ0v) is 16.3. The molecule has 3 rings (SSSR count). The SMILES string of the molecule is O=C(NC=C1CCOCC1)Nc1cc(S(=O)(=O)N2CCOCC2)ccc1Cl. The highest BCUT2D eigenvalue weighted by Crippen LogP contribution is 2.27. The maximum Gasteiger partial charge on any atom is 0.323 e. The molecule has 0 spiro atoms. The second-order valence-electron chi connectivity index (χ2n) is 6.17. The van der Waals surface area contributed by atoms with Crippen LogP contribution in [0.3, 0.4) is 0 Å². The number of hydrogen-bond donors (Lipinski definition) is 2. The topological polar surface area (TPSA) is 97.0 Å². The molecule has 2 amide bonds. The summed E-state index contributed by atoms with van der Waals surface area (Å²) in [4.78, 5) is 12.2. The predicted molar refractivity (Wildman–Crippen MR) is 101 cm³/mol. The number of carbonyl (C=O) groups excluding carboxylic acids is 1. The van der Waals surface area contributed by atoms with Crippen LogP contribution in [-0.2, 0) is 19.5 Å². The molecule has 1 aromatic rings. The summed E-state index contributed by atoms with van der Waals surface area (Å²) >= 11 is 6.12. The first-order valence-electron chi connectivity index (χ1n) is 8.67. The van der Waals surface area contributed by atoms with Gasteiger partial charge in [-0.15, -0.1) is 0 Å². The molecule has 0 saturated carbocycles. The van der Waals surface area contributed by atoms with Gasteiger partial charge in [0.05, 0.1) is 42.0 Å². The molecule has 8 nitrogen and oxygen atoms in total. The van der Waals surface area contributed by atoms with Crippen molar-refractivity contribution in [3.63, 3.8) is 0 Å². The van der Waals surface area contributed by atoms with Crippen LogP contribution in [0.15, 0.2) is 34.9 Å². The fourth-order valence-electron chi connectivity index (χ4n) is 2.80. The van der Waals surface area contributed by atoms with Crippen molar-refractivity contribution >= 4 is 33.3 Å². The number of carbonyl (C=O) groups is 1. The van der Waals surface area contributed by atoms with Gasteiger partial charge in [-0.25, -0.2) is 13.2 Å². The van der Waals surface area contributed by atoms with Gasteiger partial charge in [0, 0.05) is 19.3 Å². The first kappa shape index (κ1) is 20.1. The molecule has 0 radical (unpaired) electrons. The van der Waals surface area contributed by atoms with Gasteiger partial charge < -0.3 is 20.1 Å². The van der Waals surface area contributed by atoms with Crippen molar-refractivity contribution in [3.05, 3.63) is 35.0 Å². The van der Waals surface area contributed by atoms with Gasteiger partial charge in [0.15, 0.2) is 0 Å². The summed E-state index contributed by atoms with van der Waals surface area (Å²) in [5, 5.41) is 5.50. The zero-order valence-electron chi connectivity index (χ0n) is 14.7. The lowest BCUT2D eigenvalue weighted by Gasteiger charge is -2.26. The maximum atomic E-state index is 12.7. The summed E-state index contributed by atoms with van der Waals surface area (Å²) in [5.74, 6) is 0. The highest BCUT2D eigenvalue weighted by Gasteiger charge is 2.27. The first-order valence-corrected chi connectivity index (χ1v) is 10.5. The maximum absolute atomic E-state index is 12.7. The number of ether oxygens (including phenoxy) is 2. The molecule has 2 saturated heterocycles. The first-order chi connectivity index (χ1) is 13.0. The minimum absolute atomic E-state index is 0.0758. The Hall–Kier alpha value is -1.65. The Kier molecular flexibility index (Phi) is 6.72. The average Bonchev–Trinajstić information content (AvgIpc) is 2.69. The molecule has 27 heavy (non-hydrogen) atoms. The van der Waals surface area contributed by atoms with E-state index in [1.165, 1.54) is 22.5 Å². The third-order valence-electron chi connectivity index (χ3n) is 4.34. The minimum atomic E-state index is -3.67. The van der Waals surface area contributed by atoms with Gasteiger partial charge in [-0.1, -0.05) is 11.6 Å². The molecular formula is C17H22ClN3O5S. The predicted octanol–water partition coefficient (Wildman–Crippen LogP) is 2.18. The van der Waals surface area contributed by atoms with Gasteiger partial charge in [-0.05, 0) is 36.6 Å². The van der Waals surface area contributed by atoms with E-state index in [9.17, 15) is 13.2 Å². The third kappa shape index (κ3) is 5.20. The van der Waals surface area contributed by atoms with Crippen LogP contribution in [-0.4, -0.2) is 58.3 Å². The van der Waals surface area contributed by atoms with E-state index in [2.05, 4.69) is 10.6 Å². The number of rotatable bonds is 4. The number of nitrogens with one attached hydrogen (secondary N) is 2. The molecule has 0 aromatic heterocycles. The van der Waals surface area contributed by atoms with Crippen molar-refractivity contribution in [3.8, 4) is 0 Å². The fourth-order valence-corrected chi connectivity index (χ4v) is 4.40. The van der Waals surface area contributed by atoms with Crippen LogP contribution in [0.2, 0.25) is 5.02 Å². The summed E-state index contributed by atoms with van der Waals surface area (Å²) in [6.07, 6.45) is 3.20. The van der Waals surface area contributed by atoms with Crippen molar-refractivity contribution < 1.29 is 22.7 Å². The van der Waals surface area contributed by atoms with Crippen LogP contribution in [0.1, 0.15) is 12.8 Å². The number of sulfonamides is 1. The molecule has 1 aromatic carbocycles. The molecule has 2 fully saturated rings. The van der Waals surface area contributed by atoms with Crippen LogP contribution in [0.25, 0.3) is 0 Å². The van der Waals surface area contributed by atoms with Crippen molar-refractivity contribution in [2.24, 2.45) is 0 Å². The monoisotopic (exact) mass is 415 g/mol. The molecule has 2 N–H and O–H groups in total. The number of halogens is 1. The van der Waals surface area contributed by atoms with E-state index in [-0.39, 0.29) is 15.6 Å². The Labute approximate surface area is 163 Å². The Morgan fingerprint density at radius 1 is 1.11 bits per heavy atom. The Balaban J connectivity index is 1.70. The van der Waals surface area contributed by atoms with Gasteiger partial charge in [0.1, 0.15) is 0 Å². The summed E-state index contributed by atoms with van der Waals surface area (Å²) in [6.45, 7) is 2.60. The summed E-state index contributed by atoms with van der Waals surface area (Å²) in [5.41, 5.74) is 1.32. The van der Waals surface area contributed by atoms with Gasteiger partial charge >= 0.3 is 6.03 Å². The Morgan fingerprint density at radius 3 is 2.48 bits per heavy atom. The Morgan fingerprint density at radius 2 is 1.78 bits per heavy atom. The van der Waals surface area contributed by atoms with Crippen LogP contribution in [0.5, 0.6) is 0 Å². The van der Waals surface area contributed by atoms with Crippen molar-refractivity contribution in [1.82, 2.24) is 9.62 Å². The lowest BCUT2D eigenvalue weighted by Crippen LogP contribution is -2.40. The molecule has 10 heteroatoms. The number of hydrogen-bond acceptors (Lipinski definition) is 5. The largest absolute Gasteiger partial charge is 0.381 e. The average molecular weight is 416 g/mol. The summed E-state index contributed by atoms with van der Waals surface area (Å²) in [6, 6.07) is 3.77. The van der Waals surface area contributed by atoms with E-state index >= 15 is 0 Å². The molecule has 148 valence electrons. The number of urea groups is 1. The van der Waals surface area contributed by atoms with Crippen molar-refractivity contribution in [1.29, 1.82) is 0 Å². The van der Waals surface area contributed by atoms with Gasteiger partial charge in [0.25, 0.3) is 0 Å². The third-order valence-corrected chi connectivity index (χ3v) is 6.56. The fraction of sp³-hybridized carbons (Fsp3) is 0.471. The van der Waals surface area contributed by atoms with Gasteiger partial charge in [-0.3, -0.25) is 0 Å². The number of amides is 2. The van der Waals surface area contributed by atoms with E-state index in [1.807, 2.05) is 0 Å². The van der Waals surface area contributed by atoms with Crippen molar-refractivity contribution in [2.45, 2.75) is 17.7 Å². The summed E-state index contributed by atoms with van der Waals surface area (Å²) in [7, 11) is -3.67. The molecule has 2 aliphatic heterocycles.